The van der Waals surface area contributed by atoms with E-state index >= 15 is 0 Å². The van der Waals surface area contributed by atoms with Crippen molar-refractivity contribution in [1.29, 1.82) is 0 Å². The van der Waals surface area contributed by atoms with Crippen molar-refractivity contribution < 1.29 is 23.1 Å². The molecule has 0 spiro atoms. The topological polar surface area (TPSA) is 123 Å². The maximum absolute atomic E-state index is 14.5. The Morgan fingerprint density at radius 2 is 1.20 bits per heavy atom. The maximum atomic E-state index is 14.5. The first-order valence-electron chi connectivity index (χ1n) is 13.3. The van der Waals surface area contributed by atoms with Crippen LogP contribution in [-0.4, -0.2) is 60.9 Å². The lowest BCUT2D eigenvalue weighted by atomic mass is 9.96. The molecule has 4 aromatic rings. The third-order valence-corrected chi connectivity index (χ3v) is 9.02. The van der Waals surface area contributed by atoms with Gasteiger partial charge in [0.15, 0.2) is 5.16 Å². The summed E-state index contributed by atoms with van der Waals surface area (Å²) < 4.78 is 34.9. The summed E-state index contributed by atoms with van der Waals surface area (Å²) in [6, 6.07) is 19.6. The second kappa shape index (κ2) is 13.6. The number of ether oxygens (including phenoxy) is 1. The van der Waals surface area contributed by atoms with Crippen molar-refractivity contribution in [1.82, 2.24) is 30.0 Å². The van der Waals surface area contributed by atoms with Gasteiger partial charge in [-0.05, 0) is 31.9 Å². The summed E-state index contributed by atoms with van der Waals surface area (Å²) in [6.45, 7) is 6.30. The Labute approximate surface area is 234 Å². The maximum Gasteiger partial charge on any atom is 0.348 e. The van der Waals surface area contributed by atoms with Crippen LogP contribution in [-0.2, 0) is 49.1 Å². The van der Waals surface area contributed by atoms with E-state index in [0.29, 0.717) is 24.5 Å². The predicted molar refractivity (Wildman–Crippen MR) is 149 cm³/mol. The molecule has 0 saturated carbocycles. The Balaban J connectivity index is 1.71. The number of rotatable bonds is 15. The van der Waals surface area contributed by atoms with Crippen molar-refractivity contribution in [3.63, 3.8) is 0 Å². The van der Waals surface area contributed by atoms with Gasteiger partial charge in [0.1, 0.15) is 0 Å². The molecule has 11 nitrogen and oxygen atoms in total. The Kier molecular flexibility index (Phi) is 9.98. The molecule has 0 bridgehead atoms. The SMILES string of the molecule is CCOC(=O)C(Cc1cn(Cc2ccccc2)nn1)(Cc1cn(Cc2ccccc2)nn1)P(=O)(OCC)OCC. The van der Waals surface area contributed by atoms with E-state index in [1.54, 1.807) is 42.5 Å². The summed E-state index contributed by atoms with van der Waals surface area (Å²) in [5.74, 6) is -0.713. The Bertz CT molecular complexity index is 1320. The molecule has 2 aromatic heterocycles. The van der Waals surface area contributed by atoms with Gasteiger partial charge >= 0.3 is 13.6 Å². The molecule has 0 aliphatic carbocycles. The molecule has 212 valence electrons. The molecule has 0 N–H and O–H groups in total. The lowest BCUT2D eigenvalue weighted by Crippen LogP contribution is -2.46. The molecule has 0 unspecified atom stereocenters. The molecule has 0 aliphatic heterocycles. The molecule has 2 aromatic carbocycles. The molecule has 12 heteroatoms. The second-order valence-corrected chi connectivity index (χ2v) is 11.6. The lowest BCUT2D eigenvalue weighted by molar-refractivity contribution is -0.147. The molecule has 0 saturated heterocycles. The fourth-order valence-corrected chi connectivity index (χ4v) is 6.78. The van der Waals surface area contributed by atoms with Crippen LogP contribution < -0.4 is 0 Å². The van der Waals surface area contributed by atoms with E-state index in [4.69, 9.17) is 13.8 Å². The van der Waals surface area contributed by atoms with E-state index in [1.165, 1.54) is 0 Å². The number of nitrogens with zero attached hydrogens (tertiary/aromatic N) is 6. The van der Waals surface area contributed by atoms with E-state index in [-0.39, 0.29) is 32.7 Å². The molecule has 0 atom stereocenters. The first-order valence-corrected chi connectivity index (χ1v) is 14.9. The fraction of sp³-hybridized carbons (Fsp3) is 0.393. The lowest BCUT2D eigenvalue weighted by Gasteiger charge is -2.35. The molecule has 0 fully saturated rings. The van der Waals surface area contributed by atoms with Crippen LogP contribution in [0, 0.1) is 0 Å². The van der Waals surface area contributed by atoms with Gasteiger partial charge < -0.3 is 13.8 Å². The van der Waals surface area contributed by atoms with E-state index in [1.807, 2.05) is 60.7 Å². The molecule has 4 rings (SSSR count). The molecular formula is C28H35N6O5P. The molecule has 0 aliphatic rings. The quantitative estimate of drug-likeness (QED) is 0.153. The van der Waals surface area contributed by atoms with Gasteiger partial charge in [-0.15, -0.1) is 10.2 Å². The number of carbonyl (C=O) groups is 1. The van der Waals surface area contributed by atoms with Gasteiger partial charge in [-0.1, -0.05) is 71.1 Å². The van der Waals surface area contributed by atoms with Crippen LogP contribution in [0.2, 0.25) is 0 Å². The molecule has 0 amide bonds. The average molecular weight is 567 g/mol. The smallest absolute Gasteiger partial charge is 0.348 e. The second-order valence-electron chi connectivity index (χ2n) is 9.22. The summed E-state index contributed by atoms with van der Waals surface area (Å²) >= 11 is 0. The van der Waals surface area contributed by atoms with Gasteiger partial charge in [-0.3, -0.25) is 9.36 Å². The highest BCUT2D eigenvalue weighted by Gasteiger charge is 2.59. The highest BCUT2D eigenvalue weighted by Crippen LogP contribution is 2.62. The summed E-state index contributed by atoms with van der Waals surface area (Å²) in [5.41, 5.74) is 2.97. The number of esters is 1. The summed E-state index contributed by atoms with van der Waals surface area (Å²) in [6.07, 6.45) is 3.28. The number of benzene rings is 2. The van der Waals surface area contributed by atoms with Gasteiger partial charge in [0.2, 0.25) is 0 Å². The largest absolute Gasteiger partial charge is 0.465 e. The minimum Gasteiger partial charge on any atom is -0.465 e. The molecule has 0 radical (unpaired) electrons. The van der Waals surface area contributed by atoms with E-state index < -0.39 is 18.7 Å². The first kappa shape index (κ1) is 29.3. The zero-order chi connectivity index (χ0) is 28.4. The van der Waals surface area contributed by atoms with Crippen molar-refractivity contribution in [2.45, 2.75) is 51.9 Å². The van der Waals surface area contributed by atoms with Gasteiger partial charge in [-0.25, -0.2) is 9.36 Å². The van der Waals surface area contributed by atoms with Crippen molar-refractivity contribution in [2.75, 3.05) is 19.8 Å². The van der Waals surface area contributed by atoms with Gasteiger partial charge in [0.05, 0.1) is 44.3 Å². The van der Waals surface area contributed by atoms with Crippen LogP contribution >= 0.6 is 7.60 Å². The monoisotopic (exact) mass is 566 g/mol. The minimum absolute atomic E-state index is 0.0693. The standard InChI is InChI=1S/C28H35N6O5P/c1-4-37-27(35)28(40(36,38-5-2)39-6-3,17-25-21-33(31-29-25)19-23-13-9-7-10-14-23)18-26-22-34(32-30-26)20-24-15-11-8-12-16-24/h7-16,21-22H,4-6,17-20H2,1-3H3. The van der Waals surface area contributed by atoms with Crippen LogP contribution in [0.15, 0.2) is 73.1 Å². The fourth-order valence-electron chi connectivity index (χ4n) is 4.54. The van der Waals surface area contributed by atoms with E-state index in [2.05, 4.69) is 20.6 Å². The number of hydrogen-bond donors (Lipinski definition) is 0. The number of aromatic nitrogens is 6. The summed E-state index contributed by atoms with van der Waals surface area (Å²) in [4.78, 5) is 13.8. The van der Waals surface area contributed by atoms with Crippen LogP contribution in [0.5, 0.6) is 0 Å². The van der Waals surface area contributed by atoms with E-state index in [0.717, 1.165) is 11.1 Å². The highest BCUT2D eigenvalue weighted by molar-refractivity contribution is 7.56. The molecular weight excluding hydrogens is 531 g/mol. The average Bonchev–Trinajstić information content (AvgIpc) is 3.58. The zero-order valence-corrected chi connectivity index (χ0v) is 23.9. The Hall–Kier alpha value is -3.66. The van der Waals surface area contributed by atoms with Crippen LogP contribution in [0.3, 0.4) is 0 Å². The van der Waals surface area contributed by atoms with E-state index in [9.17, 15) is 9.36 Å². The number of carbonyl (C=O) groups excluding carboxylic acids is 1. The first-order chi connectivity index (χ1) is 19.4. The molecule has 40 heavy (non-hydrogen) atoms. The third-order valence-electron chi connectivity index (χ3n) is 6.27. The third kappa shape index (κ3) is 6.91. The van der Waals surface area contributed by atoms with Crippen molar-refractivity contribution in [3.8, 4) is 0 Å². The normalized spacial score (nSPS) is 12.0. The van der Waals surface area contributed by atoms with Gasteiger partial charge in [-0.2, -0.15) is 0 Å². The van der Waals surface area contributed by atoms with Crippen molar-refractivity contribution in [3.05, 3.63) is 95.6 Å². The van der Waals surface area contributed by atoms with Gasteiger partial charge in [0, 0.05) is 25.2 Å². The molecule has 2 heterocycles. The van der Waals surface area contributed by atoms with Gasteiger partial charge in [0.25, 0.3) is 0 Å². The van der Waals surface area contributed by atoms with Crippen molar-refractivity contribution in [2.24, 2.45) is 0 Å². The zero-order valence-electron chi connectivity index (χ0n) is 23.0. The van der Waals surface area contributed by atoms with Crippen LogP contribution in [0.25, 0.3) is 0 Å². The highest BCUT2D eigenvalue weighted by atomic mass is 31.2. The Morgan fingerprint density at radius 3 is 1.60 bits per heavy atom. The summed E-state index contributed by atoms with van der Waals surface area (Å²) in [5, 5.41) is 15.3. The van der Waals surface area contributed by atoms with Crippen molar-refractivity contribution >= 4 is 13.6 Å². The summed E-state index contributed by atoms with van der Waals surface area (Å²) in [7, 11) is -4.12. The Morgan fingerprint density at radius 1 is 0.750 bits per heavy atom. The number of hydrogen-bond acceptors (Lipinski definition) is 9. The minimum atomic E-state index is -4.12. The van der Waals surface area contributed by atoms with Crippen LogP contribution in [0.1, 0.15) is 43.3 Å². The predicted octanol–water partition coefficient (Wildman–Crippen LogP) is 4.32. The van der Waals surface area contributed by atoms with Crippen LogP contribution in [0.4, 0.5) is 0 Å².